The minimum atomic E-state index is 0.893. The molecule has 0 atom stereocenters. The summed E-state index contributed by atoms with van der Waals surface area (Å²) in [4.78, 5) is 1.41. The van der Waals surface area contributed by atoms with Gasteiger partial charge in [0.1, 0.15) is 0 Å². The molecule has 1 N–H and O–H groups in total. The van der Waals surface area contributed by atoms with Gasteiger partial charge in [0.2, 0.25) is 0 Å². The Morgan fingerprint density at radius 3 is 2.93 bits per heavy atom. The predicted molar refractivity (Wildman–Crippen MR) is 129 cm³/mol. The van der Waals surface area contributed by atoms with Gasteiger partial charge >= 0.3 is 0 Å². The van der Waals surface area contributed by atoms with Gasteiger partial charge in [-0.3, -0.25) is 4.68 Å². The van der Waals surface area contributed by atoms with Gasteiger partial charge in [-0.1, -0.05) is 32.4 Å². The molecule has 3 aromatic rings. The predicted octanol–water partition coefficient (Wildman–Crippen LogP) is 4.45. The Labute approximate surface area is 183 Å². The van der Waals surface area contributed by atoms with Crippen molar-refractivity contribution in [2.75, 3.05) is 11.1 Å². The van der Waals surface area contributed by atoms with Crippen molar-refractivity contribution in [2.45, 2.75) is 37.5 Å². The van der Waals surface area contributed by atoms with E-state index in [-0.39, 0.29) is 0 Å². The molecule has 0 saturated carbocycles. The molecule has 0 bridgehead atoms. The van der Waals surface area contributed by atoms with Gasteiger partial charge in [0.15, 0.2) is 0 Å². The van der Waals surface area contributed by atoms with Crippen LogP contribution >= 0.6 is 11.8 Å². The fourth-order valence-electron chi connectivity index (χ4n) is 3.93. The highest BCUT2D eigenvalue weighted by Crippen LogP contribution is 2.33. The number of benzene rings is 1. The van der Waals surface area contributed by atoms with Gasteiger partial charge in [-0.2, -0.15) is 5.10 Å². The summed E-state index contributed by atoms with van der Waals surface area (Å²) in [7, 11) is 4.07. The molecule has 0 unspecified atom stereocenters. The zero-order chi connectivity index (χ0) is 21.1. The average Bonchev–Trinajstić information content (AvgIpc) is 3.43. The van der Waals surface area contributed by atoms with Crippen LogP contribution in [0, 0.1) is 0 Å². The number of allylic oxidation sites excluding steroid dienone is 1. The van der Waals surface area contributed by atoms with Crippen LogP contribution < -0.4 is 15.9 Å². The number of nitrogens with one attached hydrogen (secondary N) is 1. The highest BCUT2D eigenvalue weighted by atomic mass is 32.2. The monoisotopic (exact) mass is 418 g/mol. The third-order valence-electron chi connectivity index (χ3n) is 5.54. The Bertz CT molecular complexity index is 1180. The quantitative estimate of drug-likeness (QED) is 0.576. The van der Waals surface area contributed by atoms with E-state index < -0.39 is 0 Å². The summed E-state index contributed by atoms with van der Waals surface area (Å²) in [5, 5.41) is 10.3. The van der Waals surface area contributed by atoms with E-state index in [4.69, 9.17) is 0 Å². The zero-order valence-electron chi connectivity index (χ0n) is 18.1. The van der Waals surface area contributed by atoms with Crippen molar-refractivity contribution >= 4 is 29.6 Å². The van der Waals surface area contributed by atoms with Crippen LogP contribution in [0.3, 0.4) is 0 Å². The molecule has 1 aliphatic rings. The number of thioether (sulfide) groups is 1. The number of aryl methyl sites for hydroxylation is 2. The molecule has 4 nitrogen and oxygen atoms in total. The van der Waals surface area contributed by atoms with Crippen molar-refractivity contribution < 1.29 is 0 Å². The first-order chi connectivity index (χ1) is 14.5. The number of unbranched alkanes of at least 4 members (excludes halogenated alkanes) is 2. The van der Waals surface area contributed by atoms with E-state index in [9.17, 15) is 0 Å². The summed E-state index contributed by atoms with van der Waals surface area (Å²) in [5.41, 5.74) is 5.73. The normalized spacial score (nSPS) is 14.4. The van der Waals surface area contributed by atoms with Gasteiger partial charge in [0.25, 0.3) is 0 Å². The first-order valence-electron chi connectivity index (χ1n) is 10.6. The van der Waals surface area contributed by atoms with Crippen LogP contribution in [0.1, 0.15) is 31.7 Å². The van der Waals surface area contributed by atoms with Crippen molar-refractivity contribution in [3.05, 3.63) is 65.1 Å². The van der Waals surface area contributed by atoms with Gasteiger partial charge in [-0.05, 0) is 54.0 Å². The summed E-state index contributed by atoms with van der Waals surface area (Å²) in [6, 6.07) is 8.89. The molecule has 0 radical (unpaired) electrons. The van der Waals surface area contributed by atoms with Crippen molar-refractivity contribution in [1.82, 2.24) is 14.3 Å². The lowest BCUT2D eigenvalue weighted by molar-refractivity contribution is 0.768. The zero-order valence-corrected chi connectivity index (χ0v) is 18.9. The van der Waals surface area contributed by atoms with Crippen molar-refractivity contribution in [2.24, 2.45) is 14.1 Å². The van der Waals surface area contributed by atoms with Crippen LogP contribution in [0.2, 0.25) is 0 Å². The second-order valence-corrected chi connectivity index (χ2v) is 9.03. The van der Waals surface area contributed by atoms with E-state index in [2.05, 4.69) is 78.1 Å². The summed E-state index contributed by atoms with van der Waals surface area (Å²) < 4.78 is 4.08. The van der Waals surface area contributed by atoms with E-state index in [0.717, 1.165) is 29.8 Å². The Morgan fingerprint density at radius 2 is 2.17 bits per heavy atom. The maximum atomic E-state index is 4.35. The minimum absolute atomic E-state index is 0.893. The van der Waals surface area contributed by atoms with Crippen LogP contribution in [0.4, 0.5) is 5.69 Å². The second-order valence-electron chi connectivity index (χ2n) is 7.89. The van der Waals surface area contributed by atoms with Crippen LogP contribution in [0.15, 0.2) is 53.8 Å². The Hall–Kier alpha value is -2.66. The third kappa shape index (κ3) is 4.41. The molecule has 1 aromatic carbocycles. The minimum Gasteiger partial charge on any atom is -0.356 e. The molecule has 30 heavy (non-hydrogen) atoms. The number of nitrogens with zero attached hydrogens (tertiary/aromatic N) is 3. The summed E-state index contributed by atoms with van der Waals surface area (Å²) in [6.07, 6.45) is 13.1. The third-order valence-corrected chi connectivity index (χ3v) is 6.66. The fourth-order valence-corrected chi connectivity index (χ4v) is 4.98. The van der Waals surface area contributed by atoms with Crippen molar-refractivity contribution in [3.63, 3.8) is 0 Å². The lowest BCUT2D eigenvalue weighted by atomic mass is 10.1. The molecule has 2 aromatic heterocycles. The topological polar surface area (TPSA) is 34.8 Å². The molecule has 5 heteroatoms. The van der Waals surface area contributed by atoms with Crippen LogP contribution in [0.5, 0.6) is 0 Å². The molecular weight excluding hydrogens is 388 g/mol. The molecular formula is C25H30N4S. The van der Waals surface area contributed by atoms with E-state index in [1.54, 1.807) is 0 Å². The number of hydrogen-bond acceptors (Lipinski definition) is 3. The van der Waals surface area contributed by atoms with E-state index in [1.165, 1.54) is 45.3 Å². The van der Waals surface area contributed by atoms with Crippen molar-refractivity contribution in [1.29, 1.82) is 0 Å². The second kappa shape index (κ2) is 9.00. The van der Waals surface area contributed by atoms with Gasteiger partial charge < -0.3 is 9.88 Å². The lowest BCUT2D eigenvalue weighted by Gasteiger charge is -2.08. The molecule has 3 heterocycles. The standard InChI is InChI=1S/C25H30N4S/c1-5-6-7-8-19-15-24(21-16-26-28(3)17-21)29(4)23(19)13-18(2)27-22-9-10-25-20(14-22)11-12-30-25/h8-10,13-17,27H,2,5-7,11-12H2,1,3-4H3/b19-8-,23-13+. The highest BCUT2D eigenvalue weighted by Gasteiger charge is 2.12. The maximum Gasteiger partial charge on any atom is 0.0583 e. The smallest absolute Gasteiger partial charge is 0.0583 e. The van der Waals surface area contributed by atoms with Crippen LogP contribution in [0.25, 0.3) is 23.4 Å². The largest absolute Gasteiger partial charge is 0.356 e. The molecule has 4 rings (SSSR count). The van der Waals surface area contributed by atoms with Crippen LogP contribution in [-0.2, 0) is 20.5 Å². The maximum absolute atomic E-state index is 4.35. The first-order valence-corrected chi connectivity index (χ1v) is 11.6. The number of anilines is 1. The summed E-state index contributed by atoms with van der Waals surface area (Å²) >= 11 is 1.94. The first kappa shape index (κ1) is 20.6. The molecule has 1 aliphatic heterocycles. The number of rotatable bonds is 7. The van der Waals surface area contributed by atoms with E-state index in [0.29, 0.717) is 0 Å². The van der Waals surface area contributed by atoms with Crippen molar-refractivity contribution in [3.8, 4) is 11.3 Å². The molecule has 0 spiro atoms. The number of fused-ring (bicyclic) bond motifs is 1. The molecule has 0 amide bonds. The van der Waals surface area contributed by atoms with Gasteiger partial charge in [0.05, 0.1) is 11.9 Å². The lowest BCUT2D eigenvalue weighted by Crippen LogP contribution is -2.28. The van der Waals surface area contributed by atoms with E-state index >= 15 is 0 Å². The molecule has 0 aliphatic carbocycles. The highest BCUT2D eigenvalue weighted by molar-refractivity contribution is 7.99. The Balaban J connectivity index is 1.68. The van der Waals surface area contributed by atoms with E-state index in [1.807, 2.05) is 29.7 Å². The van der Waals surface area contributed by atoms with Crippen LogP contribution in [-0.4, -0.2) is 20.1 Å². The van der Waals surface area contributed by atoms with Gasteiger partial charge in [0, 0.05) is 53.2 Å². The Morgan fingerprint density at radius 1 is 1.30 bits per heavy atom. The number of aromatic nitrogens is 3. The molecule has 0 saturated heterocycles. The molecule has 0 fully saturated rings. The summed E-state index contributed by atoms with van der Waals surface area (Å²) in [6.45, 7) is 6.52. The Kier molecular flexibility index (Phi) is 6.18. The SMILES string of the molecule is C=C(/C=c1\c(=C/CCCC)cc(-c2cnn(C)c2)n1C)Nc1ccc2c(c1)CCS2. The summed E-state index contributed by atoms with van der Waals surface area (Å²) in [5.74, 6) is 1.18. The fraction of sp³-hybridized carbons (Fsp3) is 0.320. The van der Waals surface area contributed by atoms with Gasteiger partial charge in [-0.25, -0.2) is 0 Å². The molecule has 156 valence electrons. The average molecular weight is 419 g/mol. The van der Waals surface area contributed by atoms with Gasteiger partial charge in [-0.15, -0.1) is 11.8 Å². The number of hydrogen-bond donors (Lipinski definition) is 1.